The van der Waals surface area contributed by atoms with Crippen molar-refractivity contribution in [2.45, 2.75) is 20.0 Å². The second kappa shape index (κ2) is 9.62. The molecule has 3 aromatic carbocycles. The number of carbonyl (C=O) groups is 1. The highest BCUT2D eigenvalue weighted by Gasteiger charge is 2.21. The maximum Gasteiger partial charge on any atom is 0.352 e. The van der Waals surface area contributed by atoms with Crippen LogP contribution in [0, 0.1) is 18.6 Å². The Morgan fingerprint density at radius 2 is 1.56 bits per heavy atom. The van der Waals surface area contributed by atoms with Crippen molar-refractivity contribution in [3.8, 4) is 5.69 Å². The van der Waals surface area contributed by atoms with Crippen LogP contribution in [0.15, 0.2) is 82.4 Å². The molecule has 7 nitrogen and oxygen atoms in total. The van der Waals surface area contributed by atoms with Crippen LogP contribution in [0.1, 0.15) is 27.2 Å². The minimum Gasteiger partial charge on any atom is -0.346 e. The molecule has 0 fully saturated rings. The highest BCUT2D eigenvalue weighted by Crippen LogP contribution is 2.10. The lowest BCUT2D eigenvalue weighted by molar-refractivity contribution is 0.0941. The monoisotopic (exact) mass is 462 g/mol. The molecular weight excluding hydrogens is 442 g/mol. The Morgan fingerprint density at radius 3 is 2.24 bits per heavy atom. The van der Waals surface area contributed by atoms with Gasteiger partial charge in [0.2, 0.25) is 5.69 Å². The molecule has 4 rings (SSSR count). The number of aromatic nitrogens is 3. The molecule has 0 bridgehead atoms. The van der Waals surface area contributed by atoms with E-state index in [1.54, 1.807) is 12.1 Å². The molecule has 0 aliphatic rings. The Bertz CT molecular complexity index is 1460. The van der Waals surface area contributed by atoms with E-state index in [0.717, 1.165) is 16.2 Å². The molecule has 1 heterocycles. The van der Waals surface area contributed by atoms with E-state index in [9.17, 15) is 23.2 Å². The molecule has 4 aromatic rings. The first kappa shape index (κ1) is 22.8. The van der Waals surface area contributed by atoms with Gasteiger partial charge in [-0.05, 0) is 42.3 Å². The lowest BCUT2D eigenvalue weighted by Crippen LogP contribution is -2.46. The Labute approximate surface area is 192 Å². The average Bonchev–Trinajstić information content (AvgIpc) is 2.83. The summed E-state index contributed by atoms with van der Waals surface area (Å²) in [6, 6.07) is 18.0. The van der Waals surface area contributed by atoms with Gasteiger partial charge in [-0.2, -0.15) is 9.78 Å². The van der Waals surface area contributed by atoms with E-state index in [0.29, 0.717) is 15.8 Å². The molecule has 0 atom stereocenters. The Kier molecular flexibility index (Phi) is 6.44. The molecule has 0 saturated heterocycles. The second-order valence-corrected chi connectivity index (χ2v) is 7.68. The molecule has 0 saturated carbocycles. The predicted octanol–water partition coefficient (Wildman–Crippen LogP) is 2.96. The number of para-hydroxylation sites is 1. The fourth-order valence-corrected chi connectivity index (χ4v) is 3.32. The number of hydrogen-bond acceptors (Lipinski definition) is 4. The molecule has 1 aromatic heterocycles. The van der Waals surface area contributed by atoms with Crippen LogP contribution < -0.4 is 16.6 Å². The predicted molar refractivity (Wildman–Crippen MR) is 122 cm³/mol. The minimum atomic E-state index is -0.908. The molecule has 34 heavy (non-hydrogen) atoms. The van der Waals surface area contributed by atoms with Gasteiger partial charge < -0.3 is 5.32 Å². The Morgan fingerprint density at radius 1 is 0.912 bits per heavy atom. The molecular formula is C25H20F2N4O3. The van der Waals surface area contributed by atoms with Crippen LogP contribution in [0.3, 0.4) is 0 Å². The van der Waals surface area contributed by atoms with E-state index in [1.165, 1.54) is 42.5 Å². The number of carbonyl (C=O) groups excluding carboxylic acids is 1. The smallest absolute Gasteiger partial charge is 0.346 e. The molecule has 1 N–H and O–H groups in total. The molecule has 0 unspecified atom stereocenters. The molecule has 0 spiro atoms. The molecule has 9 heteroatoms. The standard InChI is InChI=1S/C25H20F2N4O3/c1-16-6-8-18(9-7-16)15-30-24(33)22(23(32)28-14-17-10-12-19(26)13-11-17)29-31(25(30)34)21-5-3-2-4-20(21)27/h2-13H,14-15H2,1H3,(H,28,32). The lowest BCUT2D eigenvalue weighted by atomic mass is 10.1. The summed E-state index contributed by atoms with van der Waals surface area (Å²) in [5.74, 6) is -2.01. The number of nitrogens with zero attached hydrogens (tertiary/aromatic N) is 3. The quantitative estimate of drug-likeness (QED) is 0.478. The first-order valence-electron chi connectivity index (χ1n) is 10.4. The third kappa shape index (κ3) is 4.83. The van der Waals surface area contributed by atoms with E-state index in [2.05, 4.69) is 10.4 Å². The van der Waals surface area contributed by atoms with Crippen LogP contribution in [-0.2, 0) is 13.1 Å². The van der Waals surface area contributed by atoms with Crippen molar-refractivity contribution in [2.75, 3.05) is 0 Å². The normalized spacial score (nSPS) is 10.8. The number of amides is 1. The number of hydrogen-bond donors (Lipinski definition) is 1. The van der Waals surface area contributed by atoms with Crippen LogP contribution in [0.25, 0.3) is 5.69 Å². The van der Waals surface area contributed by atoms with Crippen LogP contribution in [0.4, 0.5) is 8.78 Å². The van der Waals surface area contributed by atoms with Gasteiger partial charge in [-0.1, -0.05) is 54.1 Å². The van der Waals surface area contributed by atoms with Crippen molar-refractivity contribution in [1.29, 1.82) is 0 Å². The summed E-state index contributed by atoms with van der Waals surface area (Å²) >= 11 is 0. The minimum absolute atomic E-state index is 0.00296. The third-order valence-electron chi connectivity index (χ3n) is 5.18. The van der Waals surface area contributed by atoms with Crippen LogP contribution in [0.2, 0.25) is 0 Å². The number of halogens is 2. The summed E-state index contributed by atoms with van der Waals surface area (Å²) in [5, 5.41) is 6.44. The summed E-state index contributed by atoms with van der Waals surface area (Å²) < 4.78 is 29.1. The van der Waals surface area contributed by atoms with Gasteiger partial charge in [0, 0.05) is 6.54 Å². The topological polar surface area (TPSA) is 86.0 Å². The number of aryl methyl sites for hydroxylation is 1. The zero-order valence-corrected chi connectivity index (χ0v) is 18.2. The van der Waals surface area contributed by atoms with E-state index >= 15 is 0 Å². The number of benzene rings is 3. The van der Waals surface area contributed by atoms with Crippen molar-refractivity contribution in [2.24, 2.45) is 0 Å². The van der Waals surface area contributed by atoms with E-state index < -0.39 is 34.5 Å². The van der Waals surface area contributed by atoms with E-state index in [1.807, 2.05) is 19.1 Å². The number of nitrogens with one attached hydrogen (secondary N) is 1. The molecule has 1 amide bonds. The van der Waals surface area contributed by atoms with Gasteiger partial charge in [-0.25, -0.2) is 13.6 Å². The highest BCUT2D eigenvalue weighted by molar-refractivity contribution is 5.91. The van der Waals surface area contributed by atoms with Crippen molar-refractivity contribution in [1.82, 2.24) is 19.7 Å². The summed E-state index contributed by atoms with van der Waals surface area (Å²) in [5.41, 5.74) is -0.322. The number of rotatable bonds is 6. The van der Waals surface area contributed by atoms with Gasteiger partial charge in [-0.3, -0.25) is 14.2 Å². The molecule has 0 aliphatic heterocycles. The van der Waals surface area contributed by atoms with Crippen LogP contribution in [0.5, 0.6) is 0 Å². The zero-order chi connectivity index (χ0) is 24.2. The van der Waals surface area contributed by atoms with E-state index in [-0.39, 0.29) is 18.8 Å². The van der Waals surface area contributed by atoms with Gasteiger partial charge in [0.15, 0.2) is 0 Å². The van der Waals surface area contributed by atoms with Crippen LogP contribution >= 0.6 is 0 Å². The van der Waals surface area contributed by atoms with Crippen molar-refractivity contribution >= 4 is 5.91 Å². The van der Waals surface area contributed by atoms with Crippen molar-refractivity contribution in [3.63, 3.8) is 0 Å². The highest BCUT2D eigenvalue weighted by atomic mass is 19.1. The molecule has 0 aliphatic carbocycles. The van der Waals surface area contributed by atoms with Gasteiger partial charge >= 0.3 is 5.69 Å². The maximum absolute atomic E-state index is 14.5. The molecule has 0 radical (unpaired) electrons. The second-order valence-electron chi connectivity index (χ2n) is 7.68. The van der Waals surface area contributed by atoms with Crippen molar-refractivity contribution in [3.05, 3.63) is 128 Å². The van der Waals surface area contributed by atoms with Gasteiger partial charge in [0.1, 0.15) is 17.3 Å². The summed E-state index contributed by atoms with van der Waals surface area (Å²) in [7, 11) is 0. The zero-order valence-electron chi connectivity index (χ0n) is 18.2. The first-order valence-corrected chi connectivity index (χ1v) is 10.4. The van der Waals surface area contributed by atoms with Gasteiger partial charge in [0.25, 0.3) is 11.5 Å². The van der Waals surface area contributed by atoms with E-state index in [4.69, 9.17) is 0 Å². The summed E-state index contributed by atoms with van der Waals surface area (Å²) in [4.78, 5) is 39.1. The third-order valence-corrected chi connectivity index (χ3v) is 5.18. The fourth-order valence-electron chi connectivity index (χ4n) is 3.32. The molecule has 172 valence electrons. The average molecular weight is 462 g/mol. The largest absolute Gasteiger partial charge is 0.352 e. The van der Waals surface area contributed by atoms with Crippen molar-refractivity contribution < 1.29 is 13.6 Å². The SMILES string of the molecule is Cc1ccc(Cn2c(=O)c(C(=O)NCc3ccc(F)cc3)nn(-c3ccccc3F)c2=O)cc1. The van der Waals surface area contributed by atoms with Crippen LogP contribution in [-0.4, -0.2) is 20.3 Å². The Balaban J connectivity index is 1.77. The first-order chi connectivity index (χ1) is 16.3. The lowest BCUT2D eigenvalue weighted by Gasteiger charge is -2.13. The summed E-state index contributed by atoms with van der Waals surface area (Å²) in [6.07, 6.45) is 0. The Hall–Kier alpha value is -4.40. The maximum atomic E-state index is 14.5. The fraction of sp³-hybridized carbons (Fsp3) is 0.120. The van der Waals surface area contributed by atoms with Gasteiger partial charge in [-0.15, -0.1) is 0 Å². The summed E-state index contributed by atoms with van der Waals surface area (Å²) in [6.45, 7) is 1.77. The van der Waals surface area contributed by atoms with Gasteiger partial charge in [0.05, 0.1) is 6.54 Å².